The van der Waals surface area contributed by atoms with Crippen LogP contribution in [0.25, 0.3) is 33.3 Å². The predicted octanol–water partition coefficient (Wildman–Crippen LogP) is 6.63. The minimum Gasteiger partial charge on any atom is -0.237 e. The summed E-state index contributed by atoms with van der Waals surface area (Å²) in [6.45, 7) is 1.92. The number of thiophene rings is 1. The topological polar surface area (TPSA) is 52.0 Å². The Morgan fingerprint density at radius 2 is 1.74 bits per heavy atom. The predicted molar refractivity (Wildman–Crippen MR) is 127 cm³/mol. The van der Waals surface area contributed by atoms with Gasteiger partial charge in [-0.2, -0.15) is 11.3 Å². The highest BCUT2D eigenvalue weighted by atomic mass is 35.5. The summed E-state index contributed by atoms with van der Waals surface area (Å²) in [5.74, 6) is 0. The van der Waals surface area contributed by atoms with Crippen molar-refractivity contribution in [3.8, 4) is 22.3 Å². The molecule has 5 rings (SSSR count). The van der Waals surface area contributed by atoms with Crippen molar-refractivity contribution in [3.05, 3.63) is 94.4 Å². The number of aryl methyl sites for hydroxylation is 1. The first kappa shape index (κ1) is 20.0. The van der Waals surface area contributed by atoms with E-state index in [0.29, 0.717) is 10.7 Å². The molecular weight excluding hydrogens is 448 g/mol. The van der Waals surface area contributed by atoms with E-state index in [9.17, 15) is 8.42 Å². The van der Waals surface area contributed by atoms with Crippen molar-refractivity contribution in [2.45, 2.75) is 11.8 Å². The summed E-state index contributed by atoms with van der Waals surface area (Å²) in [5, 5.41) is 5.32. The first-order valence-corrected chi connectivity index (χ1v) is 12.3. The van der Waals surface area contributed by atoms with E-state index in [1.54, 1.807) is 54.1 Å². The SMILES string of the molecule is Cc1ccc(S(=O)(=O)n2cc(-c3ccccc3Cl)c3cc(-c4ccsc4)cnc32)cc1. The number of benzene rings is 2. The summed E-state index contributed by atoms with van der Waals surface area (Å²) in [5.41, 5.74) is 4.81. The van der Waals surface area contributed by atoms with Crippen LogP contribution < -0.4 is 0 Å². The zero-order valence-corrected chi connectivity index (χ0v) is 18.9. The molecule has 154 valence electrons. The molecule has 0 amide bonds. The van der Waals surface area contributed by atoms with Crippen LogP contribution in [0.15, 0.2) is 88.7 Å². The second-order valence-electron chi connectivity index (χ2n) is 7.24. The molecule has 7 heteroatoms. The Labute approximate surface area is 189 Å². The lowest BCUT2D eigenvalue weighted by Crippen LogP contribution is -2.12. The zero-order chi connectivity index (χ0) is 21.6. The van der Waals surface area contributed by atoms with Gasteiger partial charge in [0.05, 0.1) is 4.90 Å². The quantitative estimate of drug-likeness (QED) is 0.300. The Kier molecular flexibility index (Phi) is 4.93. The smallest absolute Gasteiger partial charge is 0.237 e. The van der Waals surface area contributed by atoms with Crippen molar-refractivity contribution in [1.29, 1.82) is 0 Å². The summed E-state index contributed by atoms with van der Waals surface area (Å²) in [4.78, 5) is 4.78. The molecule has 0 spiro atoms. The van der Waals surface area contributed by atoms with E-state index in [1.165, 1.54) is 3.97 Å². The maximum absolute atomic E-state index is 13.5. The highest BCUT2D eigenvalue weighted by molar-refractivity contribution is 7.90. The molecule has 0 radical (unpaired) electrons. The maximum Gasteiger partial charge on any atom is 0.269 e. The number of aromatic nitrogens is 2. The van der Waals surface area contributed by atoms with Crippen molar-refractivity contribution in [1.82, 2.24) is 8.96 Å². The highest BCUT2D eigenvalue weighted by Gasteiger charge is 2.24. The van der Waals surface area contributed by atoms with Crippen molar-refractivity contribution >= 4 is 44.0 Å². The molecule has 0 aliphatic rings. The van der Waals surface area contributed by atoms with Crippen molar-refractivity contribution in [3.63, 3.8) is 0 Å². The third-order valence-corrected chi connectivity index (χ3v) is 7.89. The second-order valence-corrected chi connectivity index (χ2v) is 10.2. The molecule has 0 bridgehead atoms. The van der Waals surface area contributed by atoms with Crippen LogP contribution in [0.2, 0.25) is 5.02 Å². The van der Waals surface area contributed by atoms with Gasteiger partial charge in [0.25, 0.3) is 10.0 Å². The van der Waals surface area contributed by atoms with Crippen molar-refractivity contribution in [2.75, 3.05) is 0 Å². The monoisotopic (exact) mass is 464 g/mol. The van der Waals surface area contributed by atoms with Gasteiger partial charge < -0.3 is 0 Å². The molecule has 3 aromatic heterocycles. The Morgan fingerprint density at radius 3 is 2.45 bits per heavy atom. The summed E-state index contributed by atoms with van der Waals surface area (Å²) in [7, 11) is -3.84. The lowest BCUT2D eigenvalue weighted by Gasteiger charge is -2.07. The van der Waals surface area contributed by atoms with Crippen LogP contribution in [0.4, 0.5) is 0 Å². The summed E-state index contributed by atoms with van der Waals surface area (Å²) in [6.07, 6.45) is 3.33. The highest BCUT2D eigenvalue weighted by Crippen LogP contribution is 2.37. The molecule has 2 aromatic carbocycles. The number of nitrogens with zero attached hydrogens (tertiary/aromatic N) is 2. The van der Waals surface area contributed by atoms with Crippen LogP contribution in [0, 0.1) is 6.92 Å². The summed E-state index contributed by atoms with van der Waals surface area (Å²) >= 11 is 8.08. The molecular formula is C24H17ClN2O2S2. The minimum atomic E-state index is -3.84. The van der Waals surface area contributed by atoms with E-state index in [4.69, 9.17) is 11.6 Å². The van der Waals surface area contributed by atoms with Gasteiger partial charge in [-0.25, -0.2) is 17.4 Å². The maximum atomic E-state index is 13.5. The number of halogens is 1. The first-order chi connectivity index (χ1) is 14.9. The van der Waals surface area contributed by atoms with Gasteiger partial charge in [-0.1, -0.05) is 47.5 Å². The Balaban J connectivity index is 1.80. The molecule has 3 heterocycles. The van der Waals surface area contributed by atoms with Gasteiger partial charge >= 0.3 is 0 Å². The fourth-order valence-corrected chi connectivity index (χ4v) is 5.79. The van der Waals surface area contributed by atoms with Gasteiger partial charge in [-0.3, -0.25) is 0 Å². The van der Waals surface area contributed by atoms with Crippen molar-refractivity contribution < 1.29 is 8.42 Å². The van der Waals surface area contributed by atoms with Crippen LogP contribution in [0.5, 0.6) is 0 Å². The third-order valence-electron chi connectivity index (χ3n) is 5.21. The van der Waals surface area contributed by atoms with Crippen LogP contribution in [0.1, 0.15) is 5.56 Å². The second kappa shape index (κ2) is 7.64. The lowest BCUT2D eigenvalue weighted by molar-refractivity contribution is 0.589. The van der Waals surface area contributed by atoms with Gasteiger partial charge in [-0.15, -0.1) is 0 Å². The van der Waals surface area contributed by atoms with E-state index in [0.717, 1.165) is 33.2 Å². The Hall–Kier alpha value is -2.93. The van der Waals surface area contributed by atoms with Gasteiger partial charge in [0.2, 0.25) is 0 Å². The van der Waals surface area contributed by atoms with Crippen LogP contribution >= 0.6 is 22.9 Å². The molecule has 31 heavy (non-hydrogen) atoms. The molecule has 4 nitrogen and oxygen atoms in total. The molecule has 0 saturated carbocycles. The van der Waals surface area contributed by atoms with Gasteiger partial charge in [0.15, 0.2) is 5.65 Å². The van der Waals surface area contributed by atoms with E-state index < -0.39 is 10.0 Å². The number of fused-ring (bicyclic) bond motifs is 1. The summed E-state index contributed by atoms with van der Waals surface area (Å²) in [6, 6.07) is 18.2. The Bertz CT molecular complexity index is 1500. The molecule has 0 aliphatic carbocycles. The van der Waals surface area contributed by atoms with Gasteiger partial charge in [-0.05, 0) is 53.6 Å². The first-order valence-electron chi connectivity index (χ1n) is 9.56. The fraction of sp³-hybridized carbons (Fsp3) is 0.0417. The number of rotatable bonds is 4. The minimum absolute atomic E-state index is 0.212. The number of hydrogen-bond donors (Lipinski definition) is 0. The van der Waals surface area contributed by atoms with Crippen LogP contribution in [0.3, 0.4) is 0 Å². The standard InChI is InChI=1S/C24H17ClN2O2S2/c1-16-6-8-19(9-7-16)31(28,29)27-14-22(20-4-2-3-5-23(20)25)21-12-18(13-26-24(21)27)17-10-11-30-15-17/h2-15H,1H3. The van der Waals surface area contributed by atoms with E-state index in [-0.39, 0.29) is 4.90 Å². The summed E-state index contributed by atoms with van der Waals surface area (Å²) < 4.78 is 28.2. The average Bonchev–Trinajstić information content (AvgIpc) is 3.43. The zero-order valence-electron chi connectivity index (χ0n) is 16.5. The van der Waals surface area contributed by atoms with E-state index >= 15 is 0 Å². The molecule has 0 fully saturated rings. The largest absolute Gasteiger partial charge is 0.269 e. The normalized spacial score (nSPS) is 11.8. The molecule has 0 saturated heterocycles. The van der Waals surface area contributed by atoms with Crippen LogP contribution in [-0.2, 0) is 10.0 Å². The number of hydrogen-bond acceptors (Lipinski definition) is 4. The molecule has 0 N–H and O–H groups in total. The lowest BCUT2D eigenvalue weighted by atomic mass is 10.0. The third kappa shape index (κ3) is 3.47. The van der Waals surface area contributed by atoms with Gasteiger partial charge in [0, 0.05) is 39.5 Å². The Morgan fingerprint density at radius 1 is 0.968 bits per heavy atom. The molecule has 0 atom stereocenters. The van der Waals surface area contributed by atoms with Gasteiger partial charge in [0.1, 0.15) is 0 Å². The average molecular weight is 465 g/mol. The number of pyridine rings is 1. The molecule has 5 aromatic rings. The van der Waals surface area contributed by atoms with E-state index in [2.05, 4.69) is 4.98 Å². The molecule has 0 aliphatic heterocycles. The van der Waals surface area contributed by atoms with E-state index in [1.807, 2.05) is 48.0 Å². The van der Waals surface area contributed by atoms with Crippen molar-refractivity contribution in [2.24, 2.45) is 0 Å². The molecule has 0 unspecified atom stereocenters. The van der Waals surface area contributed by atoms with Crippen LogP contribution in [-0.4, -0.2) is 17.4 Å². The fourth-order valence-electron chi connectivity index (χ4n) is 3.57.